The summed E-state index contributed by atoms with van der Waals surface area (Å²) in [5.74, 6) is -0.386. The molecule has 0 aliphatic carbocycles. The van der Waals surface area contributed by atoms with E-state index in [4.69, 9.17) is 14.2 Å². The van der Waals surface area contributed by atoms with Crippen molar-refractivity contribution in [2.24, 2.45) is 5.92 Å². The minimum atomic E-state index is -0.689. The fourth-order valence-corrected chi connectivity index (χ4v) is 5.05. The van der Waals surface area contributed by atoms with Crippen LogP contribution in [0.3, 0.4) is 0 Å². The van der Waals surface area contributed by atoms with Crippen molar-refractivity contribution in [3.63, 3.8) is 0 Å². The van der Waals surface area contributed by atoms with E-state index < -0.39 is 30.2 Å². The van der Waals surface area contributed by atoms with E-state index in [-0.39, 0.29) is 24.6 Å². The average Bonchev–Trinajstić information content (AvgIpc) is 3.42. The number of nitrogens with zero attached hydrogens (tertiary/aromatic N) is 1. The van der Waals surface area contributed by atoms with Crippen LogP contribution < -0.4 is 14.4 Å². The van der Waals surface area contributed by atoms with E-state index in [0.29, 0.717) is 28.5 Å². The van der Waals surface area contributed by atoms with Crippen LogP contribution in [0.1, 0.15) is 63.6 Å². The van der Waals surface area contributed by atoms with Crippen LogP contribution in [0.25, 0.3) is 0 Å². The number of ketones is 1. The second kappa shape index (κ2) is 13.6. The molecule has 5 rings (SSSR count). The molecule has 0 unspecified atom stereocenters. The third-order valence-electron chi connectivity index (χ3n) is 7.65. The normalized spacial score (nSPS) is 14.4. The molecule has 0 spiro atoms. The third-order valence-corrected chi connectivity index (χ3v) is 7.65. The molecule has 1 atom stereocenters. The van der Waals surface area contributed by atoms with Gasteiger partial charge in [-0.15, -0.1) is 0 Å². The van der Waals surface area contributed by atoms with E-state index in [1.54, 1.807) is 41.3 Å². The molecule has 1 aliphatic heterocycles. The maximum atomic E-state index is 12.8. The molecule has 0 aromatic heterocycles. The highest BCUT2D eigenvalue weighted by Crippen LogP contribution is 2.33. The molecule has 1 saturated heterocycles. The van der Waals surface area contributed by atoms with Crippen LogP contribution in [-0.2, 0) is 14.3 Å². The fraction of sp³-hybridized carbons (Fsp3) is 0.243. The lowest BCUT2D eigenvalue weighted by molar-refractivity contribution is -0.147. The minimum Gasteiger partial charge on any atom is -0.457 e. The fourth-order valence-electron chi connectivity index (χ4n) is 5.05. The van der Waals surface area contributed by atoms with E-state index in [0.717, 1.165) is 22.4 Å². The lowest BCUT2D eigenvalue weighted by Gasteiger charge is -2.18. The number of anilines is 1. The molecular weight excluding hydrogens is 570 g/mol. The number of aryl methyl sites for hydroxylation is 2. The predicted octanol–water partition coefficient (Wildman–Crippen LogP) is 7.22. The van der Waals surface area contributed by atoms with Gasteiger partial charge in [-0.05, 0) is 97.6 Å². The summed E-state index contributed by atoms with van der Waals surface area (Å²) >= 11 is 0. The number of carbonyl (C=O) groups excluding carboxylic acids is 4. The van der Waals surface area contributed by atoms with Crippen molar-refractivity contribution >= 4 is 29.3 Å². The van der Waals surface area contributed by atoms with Gasteiger partial charge in [-0.25, -0.2) is 4.79 Å². The molecule has 45 heavy (non-hydrogen) atoms. The molecule has 1 fully saturated rings. The van der Waals surface area contributed by atoms with E-state index in [1.807, 2.05) is 32.0 Å². The van der Waals surface area contributed by atoms with Gasteiger partial charge in [0.25, 0.3) is 0 Å². The first kappa shape index (κ1) is 31.2. The molecule has 0 N–H and O–H groups in total. The summed E-state index contributed by atoms with van der Waals surface area (Å²) < 4.78 is 16.8. The Morgan fingerprint density at radius 1 is 0.800 bits per heavy atom. The van der Waals surface area contributed by atoms with Crippen LogP contribution in [-0.4, -0.2) is 36.8 Å². The lowest BCUT2D eigenvalue weighted by atomic mass is 10.0. The van der Waals surface area contributed by atoms with E-state index in [2.05, 4.69) is 26.0 Å². The zero-order valence-electron chi connectivity index (χ0n) is 25.7. The second-order valence-corrected chi connectivity index (χ2v) is 11.5. The van der Waals surface area contributed by atoms with Crippen molar-refractivity contribution in [2.45, 2.75) is 40.0 Å². The van der Waals surface area contributed by atoms with Gasteiger partial charge in [-0.1, -0.05) is 43.7 Å². The van der Waals surface area contributed by atoms with Crippen LogP contribution in [0.2, 0.25) is 0 Å². The summed E-state index contributed by atoms with van der Waals surface area (Å²) in [5, 5.41) is 0. The Kier molecular flexibility index (Phi) is 9.42. The Bertz CT molecular complexity index is 1710. The van der Waals surface area contributed by atoms with Crippen LogP contribution >= 0.6 is 0 Å². The smallest absolute Gasteiger partial charge is 0.343 e. The molecule has 230 valence electrons. The minimum absolute atomic E-state index is 0.00658. The molecule has 0 saturated carbocycles. The topological polar surface area (TPSA) is 99.2 Å². The molecule has 1 heterocycles. The van der Waals surface area contributed by atoms with Crippen LogP contribution in [0.5, 0.6) is 17.2 Å². The van der Waals surface area contributed by atoms with Gasteiger partial charge in [-0.3, -0.25) is 14.4 Å². The zero-order chi connectivity index (χ0) is 32.1. The number of amides is 1. The first-order valence-corrected chi connectivity index (χ1v) is 14.8. The Balaban J connectivity index is 1.12. The number of hydrogen-bond acceptors (Lipinski definition) is 7. The average molecular weight is 606 g/mol. The molecule has 0 radical (unpaired) electrons. The summed E-state index contributed by atoms with van der Waals surface area (Å²) in [6.45, 7) is 7.86. The number of ether oxygens (including phenoxy) is 3. The number of Topliss-reactive ketones (excluding diaryl/α,β-unsaturated/α-hetero) is 1. The quantitative estimate of drug-likeness (QED) is 0.107. The lowest BCUT2D eigenvalue weighted by Crippen LogP contribution is -2.27. The molecule has 1 aliphatic rings. The van der Waals surface area contributed by atoms with Gasteiger partial charge < -0.3 is 19.1 Å². The Labute approximate surface area is 262 Å². The van der Waals surface area contributed by atoms with Gasteiger partial charge in [0.1, 0.15) is 17.2 Å². The van der Waals surface area contributed by atoms with Gasteiger partial charge in [0.2, 0.25) is 5.91 Å². The number of rotatable bonds is 10. The van der Waals surface area contributed by atoms with E-state index >= 15 is 0 Å². The zero-order valence-corrected chi connectivity index (χ0v) is 25.7. The monoisotopic (exact) mass is 605 g/mol. The first-order valence-electron chi connectivity index (χ1n) is 14.8. The van der Waals surface area contributed by atoms with Crippen molar-refractivity contribution in [2.75, 3.05) is 18.1 Å². The Morgan fingerprint density at radius 3 is 2.09 bits per heavy atom. The van der Waals surface area contributed by atoms with Crippen molar-refractivity contribution in [3.05, 3.63) is 119 Å². The van der Waals surface area contributed by atoms with Gasteiger partial charge in [0.15, 0.2) is 12.4 Å². The number of hydrogen-bond donors (Lipinski definition) is 0. The Morgan fingerprint density at radius 2 is 1.42 bits per heavy atom. The van der Waals surface area contributed by atoms with Crippen LogP contribution in [0.4, 0.5) is 5.69 Å². The van der Waals surface area contributed by atoms with Gasteiger partial charge in [0.05, 0.1) is 11.5 Å². The van der Waals surface area contributed by atoms with Crippen molar-refractivity contribution in [3.8, 4) is 17.2 Å². The van der Waals surface area contributed by atoms with Crippen molar-refractivity contribution < 1.29 is 33.4 Å². The molecule has 4 aromatic rings. The summed E-state index contributed by atoms with van der Waals surface area (Å²) in [4.78, 5) is 52.1. The second-order valence-electron chi connectivity index (χ2n) is 11.5. The largest absolute Gasteiger partial charge is 0.457 e. The van der Waals surface area contributed by atoms with E-state index in [9.17, 15) is 19.2 Å². The van der Waals surface area contributed by atoms with E-state index in [1.165, 1.54) is 24.3 Å². The van der Waals surface area contributed by atoms with Crippen molar-refractivity contribution in [1.82, 2.24) is 0 Å². The summed E-state index contributed by atoms with van der Waals surface area (Å²) in [7, 11) is 0. The highest BCUT2D eigenvalue weighted by molar-refractivity contribution is 6.01. The standard InChI is InChI=1S/C37H35NO7/c1-23(2)32-18-7-25(4)19-34(32)44-30-16-12-29(13-17-30)38-21-28(20-35(38)40)36(41)43-22-33(39)26-10-14-31(15-11-26)45-37(42)27-8-5-24(3)6-9-27/h5-19,23,28H,20-22H2,1-4H3/t28-/m1/s1. The molecule has 1 amide bonds. The number of benzene rings is 4. The van der Waals surface area contributed by atoms with Gasteiger partial charge in [0, 0.05) is 24.2 Å². The van der Waals surface area contributed by atoms with Crippen LogP contribution in [0.15, 0.2) is 91.0 Å². The predicted molar refractivity (Wildman–Crippen MR) is 170 cm³/mol. The first-order chi connectivity index (χ1) is 21.6. The van der Waals surface area contributed by atoms with Gasteiger partial charge >= 0.3 is 11.9 Å². The molecule has 0 bridgehead atoms. The maximum absolute atomic E-state index is 12.8. The third kappa shape index (κ3) is 7.65. The SMILES string of the molecule is Cc1ccc(C(=O)Oc2ccc(C(=O)COC(=O)[C@@H]3CC(=O)N(c4ccc(Oc5cc(C)ccc5C(C)C)cc4)C3)cc2)cc1. The molecule has 4 aromatic carbocycles. The summed E-state index contributed by atoms with van der Waals surface area (Å²) in [6, 6.07) is 26.4. The summed E-state index contributed by atoms with van der Waals surface area (Å²) in [6.07, 6.45) is -0.00658. The molecule has 8 nitrogen and oxygen atoms in total. The number of esters is 2. The number of carbonyl (C=O) groups is 4. The Hall–Kier alpha value is -5.24. The van der Waals surface area contributed by atoms with Crippen molar-refractivity contribution in [1.29, 1.82) is 0 Å². The molecular formula is C37H35NO7. The summed E-state index contributed by atoms with van der Waals surface area (Å²) in [5.41, 5.74) is 4.60. The van der Waals surface area contributed by atoms with Crippen LogP contribution in [0, 0.1) is 19.8 Å². The molecule has 8 heteroatoms. The van der Waals surface area contributed by atoms with Gasteiger partial charge in [-0.2, -0.15) is 0 Å². The highest BCUT2D eigenvalue weighted by atomic mass is 16.5. The highest BCUT2D eigenvalue weighted by Gasteiger charge is 2.36. The maximum Gasteiger partial charge on any atom is 0.343 e.